The number of ether oxygens (including phenoxy) is 1. The molecule has 0 spiro atoms. The van der Waals surface area contributed by atoms with Crippen molar-refractivity contribution in [2.45, 2.75) is 31.7 Å². The molecule has 0 bridgehead atoms. The summed E-state index contributed by atoms with van der Waals surface area (Å²) < 4.78 is 5.74. The lowest BCUT2D eigenvalue weighted by Crippen LogP contribution is -2.48. The van der Waals surface area contributed by atoms with E-state index in [0.717, 1.165) is 44.6 Å². The molecule has 6 nitrogen and oxygen atoms in total. The lowest BCUT2D eigenvalue weighted by molar-refractivity contribution is -0.129. The van der Waals surface area contributed by atoms with E-state index in [1.807, 2.05) is 35.2 Å². The molecule has 2 aromatic rings. The first kappa shape index (κ1) is 15.9. The van der Waals surface area contributed by atoms with E-state index >= 15 is 0 Å². The number of likely N-dealkylation sites (tertiary alicyclic amines) is 1. The highest BCUT2D eigenvalue weighted by molar-refractivity contribution is 5.78. The maximum atomic E-state index is 12.0. The Kier molecular flexibility index (Phi) is 4.50. The van der Waals surface area contributed by atoms with Gasteiger partial charge in [-0.25, -0.2) is 9.97 Å². The van der Waals surface area contributed by atoms with Gasteiger partial charge in [0.15, 0.2) is 5.75 Å². The van der Waals surface area contributed by atoms with Gasteiger partial charge < -0.3 is 14.5 Å². The highest BCUT2D eigenvalue weighted by Crippen LogP contribution is 2.25. The number of anilines is 1. The van der Waals surface area contributed by atoms with Crippen molar-refractivity contribution in [3.63, 3.8) is 0 Å². The van der Waals surface area contributed by atoms with Crippen LogP contribution in [0.1, 0.15) is 25.7 Å². The minimum atomic E-state index is 0.285. The molecule has 1 amide bonds. The molecule has 2 saturated heterocycles. The molecule has 0 saturated carbocycles. The van der Waals surface area contributed by atoms with Gasteiger partial charge in [-0.3, -0.25) is 4.79 Å². The van der Waals surface area contributed by atoms with Gasteiger partial charge in [0.05, 0.1) is 12.4 Å². The highest BCUT2D eigenvalue weighted by Gasteiger charge is 2.31. The number of hydrogen-bond acceptors (Lipinski definition) is 5. The summed E-state index contributed by atoms with van der Waals surface area (Å²) in [5.74, 6) is 2.39. The molecule has 1 atom stereocenters. The number of benzene rings is 1. The number of para-hydroxylation sites is 1. The van der Waals surface area contributed by atoms with Crippen molar-refractivity contribution >= 4 is 11.9 Å². The summed E-state index contributed by atoms with van der Waals surface area (Å²) in [7, 11) is 0. The Labute approximate surface area is 147 Å². The molecule has 25 heavy (non-hydrogen) atoms. The predicted octanol–water partition coefficient (Wildman–Crippen LogP) is 2.86. The average molecular weight is 338 g/mol. The molecule has 2 fully saturated rings. The van der Waals surface area contributed by atoms with Crippen LogP contribution in [0.15, 0.2) is 42.7 Å². The van der Waals surface area contributed by atoms with Crippen LogP contribution in [0.3, 0.4) is 0 Å². The zero-order valence-corrected chi connectivity index (χ0v) is 14.2. The Morgan fingerprint density at radius 2 is 1.80 bits per heavy atom. The first-order valence-electron chi connectivity index (χ1n) is 8.89. The smallest absolute Gasteiger partial charge is 0.225 e. The summed E-state index contributed by atoms with van der Waals surface area (Å²) in [5, 5.41) is 0. The van der Waals surface area contributed by atoms with Gasteiger partial charge in [-0.05, 0) is 31.4 Å². The van der Waals surface area contributed by atoms with E-state index in [0.29, 0.717) is 24.0 Å². The quantitative estimate of drug-likeness (QED) is 0.858. The zero-order chi connectivity index (χ0) is 17.1. The number of carbonyl (C=O) groups excluding carboxylic acids is 1. The van der Waals surface area contributed by atoms with Crippen LogP contribution in [0, 0.1) is 0 Å². The average Bonchev–Trinajstić information content (AvgIpc) is 3.09. The Balaban J connectivity index is 1.42. The first-order chi connectivity index (χ1) is 12.3. The minimum Gasteiger partial charge on any atom is -0.454 e. The summed E-state index contributed by atoms with van der Waals surface area (Å²) in [6.45, 7) is 2.63. The van der Waals surface area contributed by atoms with Crippen molar-refractivity contribution in [3.05, 3.63) is 42.7 Å². The van der Waals surface area contributed by atoms with Gasteiger partial charge in [-0.15, -0.1) is 0 Å². The standard InChI is InChI=1S/C19H22N4O2/c24-18-9-5-11-23(18)15-6-4-10-22(14-15)19-20-12-17(13-21-19)25-16-7-2-1-3-8-16/h1-3,7-8,12-13,15H,4-6,9-11,14H2. The van der Waals surface area contributed by atoms with Crippen LogP contribution in [-0.4, -0.2) is 46.5 Å². The number of piperidine rings is 1. The van der Waals surface area contributed by atoms with Crippen LogP contribution in [0.4, 0.5) is 5.95 Å². The second kappa shape index (κ2) is 7.09. The maximum Gasteiger partial charge on any atom is 0.225 e. The van der Waals surface area contributed by atoms with Crippen LogP contribution in [-0.2, 0) is 4.79 Å². The predicted molar refractivity (Wildman–Crippen MR) is 94.7 cm³/mol. The fourth-order valence-corrected chi connectivity index (χ4v) is 3.60. The SMILES string of the molecule is O=C1CCCN1C1CCCN(c2ncc(Oc3ccccc3)cn2)C1. The molecule has 1 aromatic carbocycles. The summed E-state index contributed by atoms with van der Waals surface area (Å²) in [6, 6.07) is 9.89. The molecule has 3 heterocycles. The second-order valence-electron chi connectivity index (χ2n) is 6.57. The highest BCUT2D eigenvalue weighted by atomic mass is 16.5. The van der Waals surface area contributed by atoms with Gasteiger partial charge in [0.25, 0.3) is 0 Å². The van der Waals surface area contributed by atoms with Crippen molar-refractivity contribution in [1.82, 2.24) is 14.9 Å². The van der Waals surface area contributed by atoms with Crippen molar-refractivity contribution in [3.8, 4) is 11.5 Å². The first-order valence-corrected chi connectivity index (χ1v) is 8.89. The number of rotatable bonds is 4. The maximum absolute atomic E-state index is 12.0. The van der Waals surface area contributed by atoms with Gasteiger partial charge in [0.1, 0.15) is 5.75 Å². The third-order valence-corrected chi connectivity index (χ3v) is 4.82. The van der Waals surface area contributed by atoms with E-state index in [2.05, 4.69) is 14.9 Å². The van der Waals surface area contributed by atoms with Gasteiger partial charge in [0, 0.05) is 32.1 Å². The Morgan fingerprint density at radius 3 is 2.52 bits per heavy atom. The Hall–Kier alpha value is -2.63. The van der Waals surface area contributed by atoms with Gasteiger partial charge in [0.2, 0.25) is 11.9 Å². The van der Waals surface area contributed by atoms with E-state index in [1.165, 1.54) is 0 Å². The molecule has 2 aliphatic heterocycles. The molecule has 1 aromatic heterocycles. The Bertz CT molecular complexity index is 720. The molecular formula is C19H22N4O2. The van der Waals surface area contributed by atoms with Crippen LogP contribution in [0.5, 0.6) is 11.5 Å². The van der Waals surface area contributed by atoms with Crippen molar-refractivity contribution in [2.24, 2.45) is 0 Å². The van der Waals surface area contributed by atoms with Gasteiger partial charge >= 0.3 is 0 Å². The van der Waals surface area contributed by atoms with E-state index in [9.17, 15) is 4.79 Å². The number of amides is 1. The van der Waals surface area contributed by atoms with Crippen LogP contribution < -0.4 is 9.64 Å². The third-order valence-electron chi connectivity index (χ3n) is 4.82. The largest absolute Gasteiger partial charge is 0.454 e. The lowest BCUT2D eigenvalue weighted by Gasteiger charge is -2.37. The summed E-state index contributed by atoms with van der Waals surface area (Å²) in [5.41, 5.74) is 0. The molecule has 4 rings (SSSR count). The molecule has 0 radical (unpaired) electrons. The van der Waals surface area contributed by atoms with Gasteiger partial charge in [-0.2, -0.15) is 0 Å². The molecule has 6 heteroatoms. The molecule has 2 aliphatic rings. The van der Waals surface area contributed by atoms with Crippen LogP contribution >= 0.6 is 0 Å². The van der Waals surface area contributed by atoms with Gasteiger partial charge in [-0.1, -0.05) is 18.2 Å². The zero-order valence-electron chi connectivity index (χ0n) is 14.2. The van der Waals surface area contributed by atoms with E-state index < -0.39 is 0 Å². The molecule has 0 aliphatic carbocycles. The Morgan fingerprint density at radius 1 is 1.00 bits per heavy atom. The fraction of sp³-hybridized carbons (Fsp3) is 0.421. The topological polar surface area (TPSA) is 58.6 Å². The van der Waals surface area contributed by atoms with Crippen molar-refractivity contribution < 1.29 is 9.53 Å². The number of aromatic nitrogens is 2. The monoisotopic (exact) mass is 338 g/mol. The summed E-state index contributed by atoms with van der Waals surface area (Å²) >= 11 is 0. The van der Waals surface area contributed by atoms with Crippen molar-refractivity contribution in [2.75, 3.05) is 24.5 Å². The number of nitrogens with zero attached hydrogens (tertiary/aromatic N) is 4. The summed E-state index contributed by atoms with van der Waals surface area (Å²) in [4.78, 5) is 25.1. The molecular weight excluding hydrogens is 316 g/mol. The minimum absolute atomic E-state index is 0.285. The van der Waals surface area contributed by atoms with E-state index in [4.69, 9.17) is 4.74 Å². The van der Waals surface area contributed by atoms with E-state index in [1.54, 1.807) is 12.4 Å². The fourth-order valence-electron chi connectivity index (χ4n) is 3.60. The molecule has 130 valence electrons. The third kappa shape index (κ3) is 3.57. The van der Waals surface area contributed by atoms with Crippen LogP contribution in [0.2, 0.25) is 0 Å². The lowest BCUT2D eigenvalue weighted by atomic mass is 10.0. The number of hydrogen-bond donors (Lipinski definition) is 0. The summed E-state index contributed by atoms with van der Waals surface area (Å²) in [6.07, 6.45) is 7.22. The van der Waals surface area contributed by atoms with Crippen molar-refractivity contribution in [1.29, 1.82) is 0 Å². The molecule has 0 N–H and O–H groups in total. The normalized spacial score (nSPS) is 20.8. The second-order valence-corrected chi connectivity index (χ2v) is 6.57. The number of carbonyl (C=O) groups is 1. The molecule has 1 unspecified atom stereocenters. The van der Waals surface area contributed by atoms with Crippen LogP contribution in [0.25, 0.3) is 0 Å². The van der Waals surface area contributed by atoms with E-state index in [-0.39, 0.29) is 6.04 Å².